The van der Waals surface area contributed by atoms with Gasteiger partial charge in [0.2, 0.25) is 15.9 Å². The van der Waals surface area contributed by atoms with Crippen LogP contribution in [0.4, 0.5) is 5.69 Å². The molecular formula is C23H24N2O3S. The molecule has 6 heteroatoms. The van der Waals surface area contributed by atoms with E-state index in [1.807, 2.05) is 42.5 Å². The number of anilines is 1. The summed E-state index contributed by atoms with van der Waals surface area (Å²) in [6.07, 6.45) is 1.60. The highest BCUT2D eigenvalue weighted by Crippen LogP contribution is 2.20. The van der Waals surface area contributed by atoms with Gasteiger partial charge in [-0.1, -0.05) is 60.7 Å². The van der Waals surface area contributed by atoms with Crippen LogP contribution in [0.3, 0.4) is 0 Å². The van der Waals surface area contributed by atoms with Crippen LogP contribution in [0.15, 0.2) is 83.8 Å². The summed E-state index contributed by atoms with van der Waals surface area (Å²) in [6.45, 7) is 0. The van der Waals surface area contributed by atoms with Gasteiger partial charge in [0, 0.05) is 12.1 Å². The summed E-state index contributed by atoms with van der Waals surface area (Å²) in [4.78, 5) is 12.7. The van der Waals surface area contributed by atoms with Crippen molar-refractivity contribution in [2.75, 3.05) is 12.4 Å². The summed E-state index contributed by atoms with van der Waals surface area (Å²) in [6, 6.07) is 24.5. The Labute approximate surface area is 171 Å². The number of sulfonamides is 1. The number of rotatable bonds is 8. The fourth-order valence-electron chi connectivity index (χ4n) is 3.04. The molecule has 0 saturated heterocycles. The maximum Gasteiger partial charge on any atom is 0.240 e. The van der Waals surface area contributed by atoms with E-state index in [1.165, 1.54) is 12.6 Å². The minimum atomic E-state index is -3.45. The first-order valence-electron chi connectivity index (χ1n) is 9.42. The molecule has 3 aromatic rings. The van der Waals surface area contributed by atoms with Crippen molar-refractivity contribution < 1.29 is 13.2 Å². The normalized spacial score (nSPS) is 11.2. The Bertz CT molecular complexity index is 1060. The van der Waals surface area contributed by atoms with Gasteiger partial charge in [-0.25, -0.2) is 13.1 Å². The van der Waals surface area contributed by atoms with Crippen molar-refractivity contribution in [3.63, 3.8) is 0 Å². The zero-order chi connectivity index (χ0) is 20.7. The SMILES string of the molecule is CNS(=O)(=O)c1ccc(CCC(=O)Nc2ccccc2Cc2ccccc2)cc1. The minimum Gasteiger partial charge on any atom is -0.326 e. The number of para-hydroxylation sites is 1. The Morgan fingerprint density at radius 3 is 2.17 bits per heavy atom. The molecule has 1 amide bonds. The summed E-state index contributed by atoms with van der Waals surface area (Å²) in [5, 5.41) is 3.00. The van der Waals surface area contributed by atoms with E-state index >= 15 is 0 Å². The van der Waals surface area contributed by atoms with Crippen LogP contribution in [0.25, 0.3) is 0 Å². The molecule has 0 saturated carbocycles. The van der Waals surface area contributed by atoms with E-state index in [4.69, 9.17) is 0 Å². The summed E-state index contributed by atoms with van der Waals surface area (Å²) in [5.41, 5.74) is 3.98. The van der Waals surface area contributed by atoms with Gasteiger partial charge in [0.1, 0.15) is 0 Å². The largest absolute Gasteiger partial charge is 0.326 e. The van der Waals surface area contributed by atoms with Crippen LogP contribution >= 0.6 is 0 Å². The van der Waals surface area contributed by atoms with E-state index in [0.29, 0.717) is 12.8 Å². The van der Waals surface area contributed by atoms with E-state index in [1.54, 1.807) is 24.3 Å². The molecule has 0 atom stereocenters. The van der Waals surface area contributed by atoms with Gasteiger partial charge in [-0.05, 0) is 54.8 Å². The number of aryl methyl sites for hydroxylation is 1. The predicted octanol–water partition coefficient (Wildman–Crippen LogP) is 3.76. The van der Waals surface area contributed by atoms with Crippen molar-refractivity contribution in [1.29, 1.82) is 0 Å². The van der Waals surface area contributed by atoms with Gasteiger partial charge in [0.05, 0.1) is 4.90 Å². The highest BCUT2D eigenvalue weighted by Gasteiger charge is 2.11. The number of carbonyl (C=O) groups excluding carboxylic acids is 1. The van der Waals surface area contributed by atoms with Crippen molar-refractivity contribution in [2.24, 2.45) is 0 Å². The van der Waals surface area contributed by atoms with E-state index in [2.05, 4.69) is 22.2 Å². The van der Waals surface area contributed by atoms with Crippen molar-refractivity contribution in [2.45, 2.75) is 24.2 Å². The quantitative estimate of drug-likeness (QED) is 0.596. The summed E-state index contributed by atoms with van der Waals surface area (Å²) in [5.74, 6) is -0.0718. The van der Waals surface area contributed by atoms with Gasteiger partial charge in [0.25, 0.3) is 0 Å². The average Bonchev–Trinajstić information content (AvgIpc) is 2.75. The molecule has 0 aliphatic rings. The van der Waals surface area contributed by atoms with Gasteiger partial charge >= 0.3 is 0 Å². The zero-order valence-electron chi connectivity index (χ0n) is 16.3. The Kier molecular flexibility index (Phi) is 6.80. The first-order valence-corrected chi connectivity index (χ1v) is 10.9. The lowest BCUT2D eigenvalue weighted by Crippen LogP contribution is -2.18. The summed E-state index contributed by atoms with van der Waals surface area (Å²) in [7, 11) is -2.07. The number of hydrogen-bond donors (Lipinski definition) is 2. The molecule has 0 aliphatic heterocycles. The molecule has 0 spiro atoms. The summed E-state index contributed by atoms with van der Waals surface area (Å²) < 4.78 is 25.8. The first-order chi connectivity index (χ1) is 14.0. The third-order valence-electron chi connectivity index (χ3n) is 4.67. The lowest BCUT2D eigenvalue weighted by atomic mass is 10.0. The van der Waals surface area contributed by atoms with Crippen molar-refractivity contribution in [1.82, 2.24) is 4.72 Å². The zero-order valence-corrected chi connectivity index (χ0v) is 17.1. The topological polar surface area (TPSA) is 75.3 Å². The summed E-state index contributed by atoms with van der Waals surface area (Å²) >= 11 is 0. The lowest BCUT2D eigenvalue weighted by molar-refractivity contribution is -0.116. The van der Waals surface area contributed by atoms with E-state index in [0.717, 1.165) is 23.2 Å². The van der Waals surface area contributed by atoms with Gasteiger partial charge in [-0.15, -0.1) is 0 Å². The smallest absolute Gasteiger partial charge is 0.240 e. The third kappa shape index (κ3) is 5.76. The molecule has 29 heavy (non-hydrogen) atoms. The van der Waals surface area contributed by atoms with Crippen LogP contribution in [0.1, 0.15) is 23.1 Å². The van der Waals surface area contributed by atoms with Gasteiger partial charge < -0.3 is 5.32 Å². The van der Waals surface area contributed by atoms with Crippen LogP contribution < -0.4 is 10.0 Å². The van der Waals surface area contributed by atoms with E-state index in [9.17, 15) is 13.2 Å². The Balaban J connectivity index is 1.60. The Morgan fingerprint density at radius 2 is 1.48 bits per heavy atom. The molecule has 3 rings (SSSR count). The second-order valence-corrected chi connectivity index (χ2v) is 8.61. The van der Waals surface area contributed by atoms with Gasteiger partial charge in [-0.2, -0.15) is 0 Å². The number of amides is 1. The standard InChI is InChI=1S/C23H24N2O3S/c1-24-29(27,28)21-14-11-18(12-15-21)13-16-23(26)25-22-10-6-5-9-20(22)17-19-7-3-2-4-8-19/h2-12,14-15,24H,13,16-17H2,1H3,(H,25,26). The van der Waals surface area contributed by atoms with E-state index < -0.39 is 10.0 Å². The Hall–Kier alpha value is -2.96. The molecular weight excluding hydrogens is 384 g/mol. The average molecular weight is 409 g/mol. The number of benzene rings is 3. The molecule has 0 bridgehead atoms. The lowest BCUT2D eigenvalue weighted by Gasteiger charge is -2.11. The van der Waals surface area contributed by atoms with Gasteiger partial charge in [0.15, 0.2) is 0 Å². The maximum atomic E-state index is 12.4. The molecule has 0 unspecified atom stereocenters. The molecule has 0 heterocycles. The number of carbonyl (C=O) groups is 1. The molecule has 0 aliphatic carbocycles. The molecule has 0 radical (unpaired) electrons. The molecule has 2 N–H and O–H groups in total. The van der Waals surface area contributed by atoms with Crippen molar-refractivity contribution in [3.8, 4) is 0 Å². The van der Waals surface area contributed by atoms with E-state index in [-0.39, 0.29) is 10.8 Å². The highest BCUT2D eigenvalue weighted by molar-refractivity contribution is 7.89. The number of nitrogens with one attached hydrogen (secondary N) is 2. The minimum absolute atomic E-state index is 0.0718. The maximum absolute atomic E-state index is 12.4. The van der Waals surface area contributed by atoms with Crippen LogP contribution in [0.5, 0.6) is 0 Å². The van der Waals surface area contributed by atoms with Crippen LogP contribution in [0, 0.1) is 0 Å². The third-order valence-corrected chi connectivity index (χ3v) is 6.10. The monoisotopic (exact) mass is 408 g/mol. The van der Waals surface area contributed by atoms with Crippen molar-refractivity contribution in [3.05, 3.63) is 95.6 Å². The fourth-order valence-corrected chi connectivity index (χ4v) is 3.77. The second kappa shape index (κ2) is 9.49. The predicted molar refractivity (Wildman–Crippen MR) is 115 cm³/mol. The van der Waals surface area contributed by atoms with Crippen LogP contribution in [-0.4, -0.2) is 21.4 Å². The molecule has 0 aromatic heterocycles. The number of hydrogen-bond acceptors (Lipinski definition) is 3. The highest BCUT2D eigenvalue weighted by atomic mass is 32.2. The van der Waals surface area contributed by atoms with Crippen LogP contribution in [0.2, 0.25) is 0 Å². The Morgan fingerprint density at radius 1 is 0.828 bits per heavy atom. The van der Waals surface area contributed by atoms with Gasteiger partial charge in [-0.3, -0.25) is 4.79 Å². The van der Waals surface area contributed by atoms with Crippen LogP contribution in [-0.2, 0) is 27.7 Å². The second-order valence-electron chi connectivity index (χ2n) is 6.72. The molecule has 0 fully saturated rings. The molecule has 3 aromatic carbocycles. The first kappa shape index (κ1) is 20.8. The molecule has 5 nitrogen and oxygen atoms in total. The van der Waals surface area contributed by atoms with Crippen molar-refractivity contribution >= 4 is 21.6 Å². The molecule has 150 valence electrons. The fraction of sp³-hybridized carbons (Fsp3) is 0.174.